The third-order valence-electron chi connectivity index (χ3n) is 4.61. The zero-order chi connectivity index (χ0) is 20.4. The third kappa shape index (κ3) is 6.29. The highest BCUT2D eigenvalue weighted by Gasteiger charge is 2.13. The Morgan fingerprint density at radius 1 is 1.00 bits per heavy atom. The molecule has 28 heavy (non-hydrogen) atoms. The molecule has 0 atom stereocenters. The van der Waals surface area contributed by atoms with Crippen molar-refractivity contribution in [2.24, 2.45) is 0 Å². The lowest BCUT2D eigenvalue weighted by molar-refractivity contribution is 0.0952. The van der Waals surface area contributed by atoms with Crippen LogP contribution in [0.5, 0.6) is 11.5 Å². The molecule has 4 heteroatoms. The molecule has 4 nitrogen and oxygen atoms in total. The van der Waals surface area contributed by atoms with Crippen LogP contribution in [0.3, 0.4) is 0 Å². The Balaban J connectivity index is 2.14. The Morgan fingerprint density at radius 3 is 2.50 bits per heavy atom. The maximum atomic E-state index is 12.5. The Labute approximate surface area is 169 Å². The maximum Gasteiger partial charge on any atom is 0.251 e. The number of hydrogen-bond donors (Lipinski definition) is 1. The molecule has 0 aliphatic rings. The normalized spacial score (nSPS) is 10.8. The summed E-state index contributed by atoms with van der Waals surface area (Å²) in [5.74, 6) is 1.95. The lowest BCUT2D eigenvalue weighted by Gasteiger charge is -2.16. The summed E-state index contributed by atoms with van der Waals surface area (Å²) in [6, 6.07) is 13.6. The van der Waals surface area contributed by atoms with E-state index < -0.39 is 0 Å². The molecule has 2 rings (SSSR count). The van der Waals surface area contributed by atoms with Crippen molar-refractivity contribution in [3.8, 4) is 11.5 Å². The van der Waals surface area contributed by atoms with Crippen molar-refractivity contribution < 1.29 is 14.3 Å². The van der Waals surface area contributed by atoms with Crippen molar-refractivity contribution in [2.45, 2.75) is 59.5 Å². The number of carbonyl (C=O) groups is 1. The second-order valence-corrected chi connectivity index (χ2v) is 7.20. The van der Waals surface area contributed by atoms with Crippen LogP contribution in [-0.2, 0) is 6.61 Å². The quantitative estimate of drug-likeness (QED) is 0.506. The molecular formula is C24H33NO3. The van der Waals surface area contributed by atoms with E-state index in [1.807, 2.05) is 43.3 Å². The van der Waals surface area contributed by atoms with Gasteiger partial charge in [-0.05, 0) is 49.1 Å². The lowest BCUT2D eigenvalue weighted by Crippen LogP contribution is -2.24. The number of para-hydroxylation sites is 1. The average Bonchev–Trinajstić information content (AvgIpc) is 2.70. The van der Waals surface area contributed by atoms with E-state index >= 15 is 0 Å². The van der Waals surface area contributed by atoms with Crippen molar-refractivity contribution in [1.82, 2.24) is 5.32 Å². The van der Waals surface area contributed by atoms with E-state index in [4.69, 9.17) is 9.47 Å². The third-order valence-corrected chi connectivity index (χ3v) is 4.61. The molecule has 0 fully saturated rings. The molecule has 0 spiro atoms. The fraction of sp³-hybridized carbons (Fsp3) is 0.458. The summed E-state index contributed by atoms with van der Waals surface area (Å²) >= 11 is 0. The molecule has 152 valence electrons. The minimum Gasteiger partial charge on any atom is -0.493 e. The van der Waals surface area contributed by atoms with Crippen molar-refractivity contribution in [2.75, 3.05) is 13.2 Å². The largest absolute Gasteiger partial charge is 0.493 e. The first-order valence-corrected chi connectivity index (χ1v) is 10.3. The highest BCUT2D eigenvalue weighted by atomic mass is 16.5. The van der Waals surface area contributed by atoms with Gasteiger partial charge >= 0.3 is 0 Å². The predicted molar refractivity (Wildman–Crippen MR) is 114 cm³/mol. The summed E-state index contributed by atoms with van der Waals surface area (Å²) in [4.78, 5) is 12.5. The van der Waals surface area contributed by atoms with Gasteiger partial charge in [0, 0.05) is 17.7 Å². The molecule has 0 aliphatic heterocycles. The minimum absolute atomic E-state index is 0.0528. The maximum absolute atomic E-state index is 12.5. The molecule has 1 N–H and O–H groups in total. The fourth-order valence-corrected chi connectivity index (χ4v) is 3.05. The van der Waals surface area contributed by atoms with Gasteiger partial charge in [0.2, 0.25) is 0 Å². The van der Waals surface area contributed by atoms with Crippen molar-refractivity contribution in [3.63, 3.8) is 0 Å². The predicted octanol–water partition coefficient (Wildman–Crippen LogP) is 5.71. The van der Waals surface area contributed by atoms with Crippen LogP contribution in [0, 0.1) is 0 Å². The standard InChI is InChI=1S/C24H33NO3/c1-5-7-10-15-25-24(26)19-13-14-22(27-6-2)20(16-19)17-28-23-12-9-8-11-21(23)18(3)4/h8-9,11-14,16,18H,5-7,10,15,17H2,1-4H3,(H,25,26). The molecular weight excluding hydrogens is 350 g/mol. The first-order chi connectivity index (χ1) is 13.6. The first-order valence-electron chi connectivity index (χ1n) is 10.3. The van der Waals surface area contributed by atoms with Gasteiger partial charge in [0.1, 0.15) is 18.1 Å². The highest BCUT2D eigenvalue weighted by molar-refractivity contribution is 5.94. The zero-order valence-electron chi connectivity index (χ0n) is 17.6. The number of nitrogens with one attached hydrogen (secondary N) is 1. The van der Waals surface area contributed by atoms with Crippen LogP contribution in [0.1, 0.15) is 74.4 Å². The molecule has 0 radical (unpaired) electrons. The van der Waals surface area contributed by atoms with E-state index in [0.29, 0.717) is 31.2 Å². The Bertz CT molecular complexity index is 755. The summed E-state index contributed by atoms with van der Waals surface area (Å²) in [5, 5.41) is 2.99. The number of amides is 1. The molecule has 0 bridgehead atoms. The Hall–Kier alpha value is -2.49. The van der Waals surface area contributed by atoms with Gasteiger partial charge in [-0.25, -0.2) is 0 Å². The van der Waals surface area contributed by atoms with Crippen LogP contribution >= 0.6 is 0 Å². The van der Waals surface area contributed by atoms with Crippen LogP contribution in [0.25, 0.3) is 0 Å². The summed E-state index contributed by atoms with van der Waals surface area (Å²) < 4.78 is 11.8. The van der Waals surface area contributed by atoms with Gasteiger partial charge in [0.05, 0.1) is 6.61 Å². The average molecular weight is 384 g/mol. The molecule has 2 aromatic carbocycles. The van der Waals surface area contributed by atoms with Gasteiger partial charge in [-0.3, -0.25) is 4.79 Å². The second kappa shape index (κ2) is 11.4. The number of ether oxygens (including phenoxy) is 2. The summed E-state index contributed by atoms with van der Waals surface area (Å²) in [6.07, 6.45) is 3.26. The summed E-state index contributed by atoms with van der Waals surface area (Å²) in [7, 11) is 0. The molecule has 1 amide bonds. The van der Waals surface area contributed by atoms with E-state index in [2.05, 4.69) is 32.2 Å². The summed E-state index contributed by atoms with van der Waals surface area (Å²) in [5.41, 5.74) is 2.68. The van der Waals surface area contributed by atoms with Crippen LogP contribution in [0.4, 0.5) is 0 Å². The fourth-order valence-electron chi connectivity index (χ4n) is 3.05. The van der Waals surface area contributed by atoms with E-state index in [1.54, 1.807) is 0 Å². The number of benzene rings is 2. The van der Waals surface area contributed by atoms with Crippen LogP contribution in [-0.4, -0.2) is 19.1 Å². The van der Waals surface area contributed by atoms with Gasteiger partial charge in [-0.1, -0.05) is 51.8 Å². The Morgan fingerprint density at radius 2 is 1.79 bits per heavy atom. The molecule has 0 heterocycles. The number of hydrogen-bond acceptors (Lipinski definition) is 3. The van der Waals surface area contributed by atoms with Gasteiger partial charge in [-0.2, -0.15) is 0 Å². The second-order valence-electron chi connectivity index (χ2n) is 7.20. The van der Waals surface area contributed by atoms with Gasteiger partial charge in [0.15, 0.2) is 0 Å². The van der Waals surface area contributed by atoms with E-state index in [9.17, 15) is 4.79 Å². The first kappa shape index (κ1) is 21.8. The monoisotopic (exact) mass is 383 g/mol. The molecule has 0 aromatic heterocycles. The van der Waals surface area contributed by atoms with Gasteiger partial charge in [0.25, 0.3) is 5.91 Å². The number of unbranched alkanes of at least 4 members (excludes halogenated alkanes) is 2. The smallest absolute Gasteiger partial charge is 0.251 e. The highest BCUT2D eigenvalue weighted by Crippen LogP contribution is 2.28. The molecule has 2 aromatic rings. The molecule has 0 saturated carbocycles. The van der Waals surface area contributed by atoms with Gasteiger partial charge < -0.3 is 14.8 Å². The lowest BCUT2D eigenvalue weighted by atomic mass is 10.0. The van der Waals surface area contributed by atoms with Gasteiger partial charge in [-0.15, -0.1) is 0 Å². The minimum atomic E-state index is -0.0528. The van der Waals surface area contributed by atoms with E-state index in [1.165, 1.54) is 5.56 Å². The summed E-state index contributed by atoms with van der Waals surface area (Å²) in [6.45, 7) is 10.0. The zero-order valence-corrected chi connectivity index (χ0v) is 17.6. The van der Waals surface area contributed by atoms with E-state index in [0.717, 1.165) is 36.3 Å². The Kier molecular flexibility index (Phi) is 8.86. The SMILES string of the molecule is CCCCCNC(=O)c1ccc(OCC)c(COc2ccccc2C(C)C)c1. The van der Waals surface area contributed by atoms with Crippen molar-refractivity contribution in [1.29, 1.82) is 0 Å². The topological polar surface area (TPSA) is 47.6 Å². The van der Waals surface area contributed by atoms with Crippen LogP contribution in [0.2, 0.25) is 0 Å². The van der Waals surface area contributed by atoms with Crippen molar-refractivity contribution >= 4 is 5.91 Å². The van der Waals surface area contributed by atoms with Crippen LogP contribution in [0.15, 0.2) is 42.5 Å². The molecule has 0 saturated heterocycles. The molecule has 0 unspecified atom stereocenters. The number of rotatable bonds is 11. The van der Waals surface area contributed by atoms with Crippen LogP contribution < -0.4 is 14.8 Å². The molecule has 0 aliphatic carbocycles. The number of carbonyl (C=O) groups excluding carboxylic acids is 1. The van der Waals surface area contributed by atoms with Crippen molar-refractivity contribution in [3.05, 3.63) is 59.2 Å². The van der Waals surface area contributed by atoms with E-state index in [-0.39, 0.29) is 5.91 Å².